The highest BCUT2D eigenvalue weighted by Gasteiger charge is 2.21. The molecule has 1 aromatic carbocycles. The third kappa shape index (κ3) is 5.65. The Balaban J connectivity index is 1.62. The zero-order valence-electron chi connectivity index (χ0n) is 17.0. The average Bonchev–Trinajstić information content (AvgIpc) is 2.75. The van der Waals surface area contributed by atoms with Crippen molar-refractivity contribution in [1.29, 1.82) is 0 Å². The summed E-state index contributed by atoms with van der Waals surface area (Å²) >= 11 is 0. The first kappa shape index (κ1) is 22.4. The molecule has 0 saturated heterocycles. The number of carboxylic acid groups (broad SMARTS) is 2. The number of nitrogens with one attached hydrogen (secondary N) is 1. The van der Waals surface area contributed by atoms with Crippen molar-refractivity contribution < 1.29 is 24.6 Å². The third-order valence-electron chi connectivity index (χ3n) is 4.82. The predicted molar refractivity (Wildman–Crippen MR) is 116 cm³/mol. The van der Waals surface area contributed by atoms with Crippen molar-refractivity contribution in [2.75, 3.05) is 11.5 Å². The lowest BCUT2D eigenvalue weighted by molar-refractivity contribution is -0.140. The monoisotopic (exact) mass is 438 g/mol. The highest BCUT2D eigenvalue weighted by atomic mass is 16.4. The van der Waals surface area contributed by atoms with E-state index in [0.717, 1.165) is 11.3 Å². The van der Waals surface area contributed by atoms with Crippen LogP contribution < -0.4 is 16.8 Å². The summed E-state index contributed by atoms with van der Waals surface area (Å²) in [7, 11) is 0. The number of hydrogen-bond donors (Lipinski definition) is 5. The highest BCUT2D eigenvalue weighted by Crippen LogP contribution is 2.19. The van der Waals surface area contributed by atoms with Gasteiger partial charge in [0.25, 0.3) is 5.91 Å². The maximum absolute atomic E-state index is 12.3. The van der Waals surface area contributed by atoms with Gasteiger partial charge < -0.3 is 27.0 Å². The lowest BCUT2D eigenvalue weighted by Gasteiger charge is -2.13. The summed E-state index contributed by atoms with van der Waals surface area (Å²) in [5, 5.41) is 20.9. The number of nitrogen functional groups attached to an aromatic ring is 2. The number of carboxylic acids is 2. The van der Waals surface area contributed by atoms with Crippen LogP contribution in [0.2, 0.25) is 0 Å². The van der Waals surface area contributed by atoms with Crippen LogP contribution in [-0.4, -0.2) is 49.1 Å². The van der Waals surface area contributed by atoms with Crippen molar-refractivity contribution in [1.82, 2.24) is 20.3 Å². The number of amides is 1. The van der Waals surface area contributed by atoms with Crippen LogP contribution in [0, 0.1) is 0 Å². The molecule has 0 aliphatic carbocycles. The molecule has 0 bridgehead atoms. The first-order chi connectivity index (χ1) is 15.2. The fraction of sp³-hybridized carbons (Fsp3) is 0.238. The number of pyridine rings is 1. The van der Waals surface area contributed by atoms with Crippen molar-refractivity contribution in [3.63, 3.8) is 0 Å². The second-order valence-electron chi connectivity index (χ2n) is 7.15. The number of aromatic nitrogens is 3. The van der Waals surface area contributed by atoms with E-state index >= 15 is 0 Å². The third-order valence-corrected chi connectivity index (χ3v) is 4.82. The Morgan fingerprint density at radius 1 is 1.03 bits per heavy atom. The van der Waals surface area contributed by atoms with Gasteiger partial charge in [0.05, 0.1) is 11.7 Å². The van der Waals surface area contributed by atoms with Gasteiger partial charge in [0, 0.05) is 23.1 Å². The summed E-state index contributed by atoms with van der Waals surface area (Å²) in [4.78, 5) is 46.6. The van der Waals surface area contributed by atoms with E-state index in [-0.39, 0.29) is 30.2 Å². The Morgan fingerprint density at radius 2 is 1.75 bits per heavy atom. The van der Waals surface area contributed by atoms with Gasteiger partial charge in [-0.2, -0.15) is 4.98 Å². The maximum atomic E-state index is 12.3. The SMILES string of the molecule is Nc1nc(N)c2cc(CCc3ccc(C(=O)N[C@@H](CCC(=O)O)C(=O)O)cc3)ncc2n1. The standard InChI is InChI=1S/C21H22N6O5/c22-18-14-9-13(24-10-16(14)26-21(23)27-18)6-3-11-1-4-12(5-2-11)19(30)25-15(20(31)32)7-8-17(28)29/h1-2,4-5,9-10,15H,3,6-8H2,(H,25,30)(H,28,29)(H,31,32)(H4,22,23,26,27)/t15-/m0/s1. The molecule has 11 nitrogen and oxygen atoms in total. The van der Waals surface area contributed by atoms with Gasteiger partial charge in [0.1, 0.15) is 11.9 Å². The van der Waals surface area contributed by atoms with E-state index in [9.17, 15) is 14.4 Å². The Morgan fingerprint density at radius 3 is 2.41 bits per heavy atom. The minimum absolute atomic E-state index is 0.0882. The van der Waals surface area contributed by atoms with Crippen LogP contribution in [0.15, 0.2) is 36.5 Å². The summed E-state index contributed by atoms with van der Waals surface area (Å²) in [6, 6.07) is 7.24. The molecule has 166 valence electrons. The number of benzene rings is 1. The normalized spacial score (nSPS) is 11.8. The topological polar surface area (TPSA) is 194 Å². The molecule has 0 radical (unpaired) electrons. The van der Waals surface area contributed by atoms with E-state index in [1.54, 1.807) is 30.5 Å². The molecule has 3 rings (SSSR count). The van der Waals surface area contributed by atoms with E-state index < -0.39 is 23.9 Å². The lowest BCUT2D eigenvalue weighted by atomic mass is 10.0. The highest BCUT2D eigenvalue weighted by molar-refractivity contribution is 5.96. The second-order valence-corrected chi connectivity index (χ2v) is 7.15. The van der Waals surface area contributed by atoms with Crippen LogP contribution >= 0.6 is 0 Å². The number of nitrogens with two attached hydrogens (primary N) is 2. The summed E-state index contributed by atoms with van der Waals surface area (Å²) < 4.78 is 0. The van der Waals surface area contributed by atoms with Gasteiger partial charge in [-0.1, -0.05) is 12.1 Å². The Bertz CT molecular complexity index is 1170. The Kier molecular flexibility index (Phi) is 6.78. The fourth-order valence-electron chi connectivity index (χ4n) is 3.12. The number of anilines is 2. The van der Waals surface area contributed by atoms with Crippen LogP contribution in [0.5, 0.6) is 0 Å². The molecule has 11 heteroatoms. The molecule has 7 N–H and O–H groups in total. The van der Waals surface area contributed by atoms with Gasteiger partial charge in [-0.15, -0.1) is 0 Å². The van der Waals surface area contributed by atoms with E-state index in [2.05, 4.69) is 20.3 Å². The van der Waals surface area contributed by atoms with Crippen molar-refractivity contribution in [2.24, 2.45) is 0 Å². The molecular weight excluding hydrogens is 416 g/mol. The van der Waals surface area contributed by atoms with Gasteiger partial charge in [-0.25, -0.2) is 9.78 Å². The fourth-order valence-corrected chi connectivity index (χ4v) is 3.12. The minimum atomic E-state index is -1.28. The van der Waals surface area contributed by atoms with Gasteiger partial charge in [-0.05, 0) is 43.0 Å². The van der Waals surface area contributed by atoms with Gasteiger partial charge >= 0.3 is 11.9 Å². The second kappa shape index (κ2) is 9.69. The smallest absolute Gasteiger partial charge is 0.326 e. The molecule has 2 aromatic heterocycles. The number of aryl methyl sites for hydroxylation is 2. The summed E-state index contributed by atoms with van der Waals surface area (Å²) in [5.41, 5.74) is 14.1. The van der Waals surface area contributed by atoms with Crippen LogP contribution in [0.3, 0.4) is 0 Å². The summed E-state index contributed by atoms with van der Waals surface area (Å²) in [5.74, 6) is -2.62. The van der Waals surface area contributed by atoms with Crippen LogP contribution in [0.4, 0.5) is 11.8 Å². The first-order valence-electron chi connectivity index (χ1n) is 9.75. The zero-order chi connectivity index (χ0) is 23.3. The number of nitrogens with zero attached hydrogens (tertiary/aromatic N) is 3. The quantitative estimate of drug-likeness (QED) is 0.322. The number of carbonyl (C=O) groups excluding carboxylic acids is 1. The van der Waals surface area contributed by atoms with Crippen molar-refractivity contribution in [3.05, 3.63) is 53.3 Å². The van der Waals surface area contributed by atoms with E-state index in [0.29, 0.717) is 23.7 Å². The number of aliphatic carboxylic acids is 2. The maximum Gasteiger partial charge on any atom is 0.326 e. The molecule has 0 aliphatic heterocycles. The molecule has 3 aromatic rings. The Hall–Kier alpha value is -4.28. The molecular formula is C21H22N6O5. The molecule has 0 spiro atoms. The van der Waals surface area contributed by atoms with Crippen molar-refractivity contribution in [3.8, 4) is 0 Å². The summed E-state index contributed by atoms with van der Waals surface area (Å²) in [6.45, 7) is 0. The van der Waals surface area contributed by atoms with E-state index in [1.807, 2.05) is 6.07 Å². The lowest BCUT2D eigenvalue weighted by Crippen LogP contribution is -2.41. The number of rotatable bonds is 9. The average molecular weight is 438 g/mol. The van der Waals surface area contributed by atoms with Crippen LogP contribution in [0.1, 0.15) is 34.5 Å². The minimum Gasteiger partial charge on any atom is -0.481 e. The number of hydrogen-bond acceptors (Lipinski definition) is 8. The van der Waals surface area contributed by atoms with E-state index in [1.165, 1.54) is 0 Å². The summed E-state index contributed by atoms with van der Waals surface area (Å²) in [6.07, 6.45) is 2.29. The van der Waals surface area contributed by atoms with Crippen molar-refractivity contribution in [2.45, 2.75) is 31.7 Å². The largest absolute Gasteiger partial charge is 0.481 e. The molecule has 1 amide bonds. The number of fused-ring (bicyclic) bond motifs is 1. The van der Waals surface area contributed by atoms with Gasteiger partial charge in [-0.3, -0.25) is 14.6 Å². The zero-order valence-corrected chi connectivity index (χ0v) is 17.0. The molecule has 1 atom stereocenters. The molecule has 0 aliphatic rings. The molecule has 2 heterocycles. The van der Waals surface area contributed by atoms with Gasteiger partial charge in [0.15, 0.2) is 0 Å². The van der Waals surface area contributed by atoms with E-state index in [4.69, 9.17) is 21.7 Å². The van der Waals surface area contributed by atoms with Gasteiger partial charge in [0.2, 0.25) is 5.95 Å². The molecule has 0 saturated carbocycles. The van der Waals surface area contributed by atoms with Crippen LogP contribution in [0.25, 0.3) is 10.9 Å². The Labute approximate surface area is 182 Å². The predicted octanol–water partition coefficient (Wildman–Crippen LogP) is 1.02. The number of carbonyl (C=O) groups is 3. The van der Waals surface area contributed by atoms with Crippen LogP contribution in [-0.2, 0) is 22.4 Å². The van der Waals surface area contributed by atoms with Crippen molar-refractivity contribution >= 4 is 40.5 Å². The molecule has 0 unspecified atom stereocenters. The first-order valence-corrected chi connectivity index (χ1v) is 9.75. The molecule has 0 fully saturated rings. The molecule has 32 heavy (non-hydrogen) atoms.